The van der Waals surface area contributed by atoms with Gasteiger partial charge in [-0.25, -0.2) is 0 Å². The number of benzene rings is 1. The summed E-state index contributed by atoms with van der Waals surface area (Å²) >= 11 is 0. The fourth-order valence-electron chi connectivity index (χ4n) is 2.69. The van der Waals surface area contributed by atoms with Crippen LogP contribution < -0.4 is 10.6 Å². The lowest BCUT2D eigenvalue weighted by Gasteiger charge is -2.37. The van der Waals surface area contributed by atoms with Gasteiger partial charge < -0.3 is 15.5 Å². The van der Waals surface area contributed by atoms with Crippen LogP contribution in [0.5, 0.6) is 0 Å². The highest BCUT2D eigenvalue weighted by molar-refractivity contribution is 5.94. The zero-order chi connectivity index (χ0) is 15.6. The van der Waals surface area contributed by atoms with Crippen LogP contribution in [0.15, 0.2) is 18.2 Å². The van der Waals surface area contributed by atoms with Gasteiger partial charge in [0.1, 0.15) is 5.69 Å². The summed E-state index contributed by atoms with van der Waals surface area (Å²) in [5.74, 6) is -0.658. The first-order valence-electron chi connectivity index (χ1n) is 6.89. The number of likely N-dealkylation sites (N-methyl/N-ethyl adjacent to an activating group) is 1. The van der Waals surface area contributed by atoms with Crippen LogP contribution in [0, 0.1) is 10.1 Å². The van der Waals surface area contributed by atoms with Gasteiger partial charge in [-0.2, -0.15) is 0 Å². The number of nitrogens with zero attached hydrogens (tertiary/aromatic N) is 3. The van der Waals surface area contributed by atoms with Gasteiger partial charge in [0, 0.05) is 30.8 Å². The Bertz CT molecular complexity index is 559. The summed E-state index contributed by atoms with van der Waals surface area (Å²) in [5.41, 5.74) is 5.84. The lowest BCUT2D eigenvalue weighted by molar-refractivity contribution is -0.384. The molecule has 1 saturated heterocycles. The molecule has 1 atom stereocenters. The monoisotopic (exact) mass is 292 g/mol. The Hall–Kier alpha value is -2.15. The number of amides is 1. The molecule has 1 aromatic rings. The Labute approximate surface area is 123 Å². The van der Waals surface area contributed by atoms with E-state index in [1.165, 1.54) is 6.07 Å². The smallest absolute Gasteiger partial charge is 0.293 e. The SMILES string of the molecule is CN(C)C1CCCN(c2ccc(C(N)=O)cc2[N+](=O)[O-])C1. The quantitative estimate of drug-likeness (QED) is 0.665. The minimum absolute atomic E-state index is 0.0642. The minimum Gasteiger partial charge on any atom is -0.366 e. The number of piperidine rings is 1. The first-order chi connectivity index (χ1) is 9.90. The van der Waals surface area contributed by atoms with E-state index in [2.05, 4.69) is 4.90 Å². The molecule has 2 N–H and O–H groups in total. The van der Waals surface area contributed by atoms with Crippen LogP contribution in [0.2, 0.25) is 0 Å². The van der Waals surface area contributed by atoms with Gasteiger partial charge in [-0.15, -0.1) is 0 Å². The van der Waals surface area contributed by atoms with E-state index in [0.717, 1.165) is 25.9 Å². The van der Waals surface area contributed by atoms with Crippen LogP contribution in [0.3, 0.4) is 0 Å². The van der Waals surface area contributed by atoms with E-state index >= 15 is 0 Å². The van der Waals surface area contributed by atoms with Gasteiger partial charge in [-0.1, -0.05) is 0 Å². The van der Waals surface area contributed by atoms with Gasteiger partial charge in [0.05, 0.1) is 4.92 Å². The van der Waals surface area contributed by atoms with E-state index in [4.69, 9.17) is 5.73 Å². The third-order valence-electron chi connectivity index (χ3n) is 3.92. The van der Waals surface area contributed by atoms with Crippen molar-refractivity contribution >= 4 is 17.3 Å². The molecule has 1 amide bonds. The molecular formula is C14H20N4O3. The number of carbonyl (C=O) groups excluding carboxylic acids is 1. The molecule has 0 radical (unpaired) electrons. The van der Waals surface area contributed by atoms with Gasteiger partial charge in [-0.3, -0.25) is 14.9 Å². The van der Waals surface area contributed by atoms with Crippen molar-refractivity contribution in [2.75, 3.05) is 32.1 Å². The molecular weight excluding hydrogens is 272 g/mol. The maximum Gasteiger partial charge on any atom is 0.293 e. The first kappa shape index (κ1) is 15.2. The van der Waals surface area contributed by atoms with Crippen molar-refractivity contribution in [2.45, 2.75) is 18.9 Å². The van der Waals surface area contributed by atoms with E-state index in [9.17, 15) is 14.9 Å². The zero-order valence-corrected chi connectivity index (χ0v) is 12.3. The number of carbonyl (C=O) groups is 1. The van der Waals surface area contributed by atoms with Crippen molar-refractivity contribution in [3.05, 3.63) is 33.9 Å². The fraction of sp³-hybridized carbons (Fsp3) is 0.500. The average Bonchev–Trinajstić information content (AvgIpc) is 2.46. The Kier molecular flexibility index (Phi) is 4.42. The predicted octanol–water partition coefficient (Wildman–Crippen LogP) is 1.22. The third kappa shape index (κ3) is 3.30. The summed E-state index contributed by atoms with van der Waals surface area (Å²) in [7, 11) is 4.03. The Balaban J connectivity index is 2.34. The maximum atomic E-state index is 11.3. The molecule has 1 aromatic carbocycles. The first-order valence-corrected chi connectivity index (χ1v) is 6.89. The molecule has 7 nitrogen and oxygen atoms in total. The molecule has 0 aromatic heterocycles. The molecule has 2 rings (SSSR count). The van der Waals surface area contributed by atoms with Crippen LogP contribution >= 0.6 is 0 Å². The summed E-state index contributed by atoms with van der Waals surface area (Å²) in [6, 6.07) is 4.80. The van der Waals surface area contributed by atoms with Crippen molar-refractivity contribution < 1.29 is 9.72 Å². The highest BCUT2D eigenvalue weighted by atomic mass is 16.6. The van der Waals surface area contributed by atoms with Crippen molar-refractivity contribution in [1.29, 1.82) is 0 Å². The van der Waals surface area contributed by atoms with Crippen molar-refractivity contribution in [3.8, 4) is 0 Å². The molecule has 1 heterocycles. The van der Waals surface area contributed by atoms with E-state index in [0.29, 0.717) is 11.7 Å². The Morgan fingerprint density at radius 2 is 2.19 bits per heavy atom. The second kappa shape index (κ2) is 6.09. The van der Waals surface area contributed by atoms with Crippen molar-refractivity contribution in [3.63, 3.8) is 0 Å². The summed E-state index contributed by atoms with van der Waals surface area (Å²) in [4.78, 5) is 26.1. The largest absolute Gasteiger partial charge is 0.366 e. The Morgan fingerprint density at radius 3 is 2.76 bits per heavy atom. The number of hydrogen-bond acceptors (Lipinski definition) is 5. The molecule has 114 valence electrons. The van der Waals surface area contributed by atoms with Crippen molar-refractivity contribution in [1.82, 2.24) is 4.90 Å². The van der Waals surface area contributed by atoms with Crippen LogP contribution in [-0.4, -0.2) is 49.0 Å². The maximum absolute atomic E-state index is 11.3. The highest BCUT2D eigenvalue weighted by Crippen LogP contribution is 2.31. The van der Waals surface area contributed by atoms with Gasteiger partial charge in [-0.05, 0) is 39.1 Å². The van der Waals surface area contributed by atoms with E-state index < -0.39 is 10.8 Å². The van der Waals surface area contributed by atoms with Gasteiger partial charge in [0.2, 0.25) is 5.91 Å². The normalized spacial score (nSPS) is 18.8. The highest BCUT2D eigenvalue weighted by Gasteiger charge is 2.27. The summed E-state index contributed by atoms with van der Waals surface area (Å²) in [5, 5.41) is 11.3. The number of hydrogen-bond donors (Lipinski definition) is 1. The number of nitro benzene ring substituents is 1. The van der Waals surface area contributed by atoms with E-state index in [-0.39, 0.29) is 11.3 Å². The second-order valence-electron chi connectivity index (χ2n) is 5.53. The van der Waals surface area contributed by atoms with Crippen LogP contribution in [0.25, 0.3) is 0 Å². The number of nitrogens with two attached hydrogens (primary N) is 1. The molecule has 1 aliphatic rings. The van der Waals surface area contributed by atoms with Gasteiger partial charge in [0.25, 0.3) is 5.69 Å². The molecule has 1 fully saturated rings. The number of anilines is 1. The fourth-order valence-corrected chi connectivity index (χ4v) is 2.69. The summed E-state index contributed by atoms with van der Waals surface area (Å²) in [6.07, 6.45) is 2.06. The third-order valence-corrected chi connectivity index (χ3v) is 3.92. The predicted molar refractivity (Wildman–Crippen MR) is 80.5 cm³/mol. The molecule has 0 bridgehead atoms. The topological polar surface area (TPSA) is 92.7 Å². The summed E-state index contributed by atoms with van der Waals surface area (Å²) < 4.78 is 0. The van der Waals surface area contributed by atoms with Crippen LogP contribution in [-0.2, 0) is 0 Å². The zero-order valence-electron chi connectivity index (χ0n) is 12.3. The van der Waals surface area contributed by atoms with Crippen molar-refractivity contribution in [2.24, 2.45) is 5.73 Å². The molecule has 7 heteroatoms. The van der Waals surface area contributed by atoms with Gasteiger partial charge >= 0.3 is 0 Å². The number of nitro groups is 1. The molecule has 1 unspecified atom stereocenters. The molecule has 21 heavy (non-hydrogen) atoms. The van der Waals surface area contributed by atoms with Crippen LogP contribution in [0.4, 0.5) is 11.4 Å². The van der Waals surface area contributed by atoms with E-state index in [1.807, 2.05) is 19.0 Å². The molecule has 0 saturated carbocycles. The lowest BCUT2D eigenvalue weighted by Crippen LogP contribution is -2.45. The number of primary amides is 1. The summed E-state index contributed by atoms with van der Waals surface area (Å²) in [6.45, 7) is 1.52. The van der Waals surface area contributed by atoms with Gasteiger partial charge in [0.15, 0.2) is 0 Å². The van der Waals surface area contributed by atoms with E-state index in [1.54, 1.807) is 12.1 Å². The Morgan fingerprint density at radius 1 is 1.48 bits per heavy atom. The molecule has 1 aliphatic heterocycles. The minimum atomic E-state index is -0.658. The van der Waals surface area contributed by atoms with Crippen LogP contribution in [0.1, 0.15) is 23.2 Å². The molecule has 0 aliphatic carbocycles. The standard InChI is InChI=1S/C14H20N4O3/c1-16(2)11-4-3-7-17(9-11)12-6-5-10(14(15)19)8-13(12)18(20)21/h5-6,8,11H,3-4,7,9H2,1-2H3,(H2,15,19). The lowest BCUT2D eigenvalue weighted by atomic mass is 10.0. The average molecular weight is 292 g/mol. The number of rotatable bonds is 4. The second-order valence-corrected chi connectivity index (χ2v) is 5.53. The molecule has 0 spiro atoms.